The average molecular weight is 553 g/mol. The largest absolute Gasteiger partial charge is 0.357 e. The summed E-state index contributed by atoms with van der Waals surface area (Å²) in [6.07, 6.45) is 3.88. The van der Waals surface area contributed by atoms with Gasteiger partial charge in [-0.05, 0) is 78.3 Å². The molecule has 1 fully saturated rings. The Hall–Kier alpha value is -3.27. The number of halogens is 1. The minimum atomic E-state index is -0.350. The van der Waals surface area contributed by atoms with Crippen molar-refractivity contribution in [3.05, 3.63) is 86.6 Å². The first-order valence-electron chi connectivity index (χ1n) is 10.7. The Bertz CT molecular complexity index is 1190. The molecule has 168 valence electrons. The molecule has 7 nitrogen and oxygen atoms in total. The Morgan fingerprint density at radius 1 is 0.939 bits per heavy atom. The third-order valence-corrected chi connectivity index (χ3v) is 6.21. The van der Waals surface area contributed by atoms with Gasteiger partial charge in [0.1, 0.15) is 11.7 Å². The Labute approximate surface area is 206 Å². The van der Waals surface area contributed by atoms with Crippen LogP contribution in [0.15, 0.2) is 60.8 Å². The molecule has 0 atom stereocenters. The average Bonchev–Trinajstić information content (AvgIpc) is 3.36. The van der Waals surface area contributed by atoms with Gasteiger partial charge in [-0.15, -0.1) is 0 Å². The molecule has 3 N–H and O–H groups in total. The van der Waals surface area contributed by atoms with Crippen LogP contribution in [0.4, 0.5) is 11.5 Å². The van der Waals surface area contributed by atoms with Crippen LogP contribution >= 0.6 is 22.6 Å². The molecule has 8 heteroatoms. The van der Waals surface area contributed by atoms with Crippen LogP contribution in [0.25, 0.3) is 0 Å². The number of aromatic nitrogens is 1. The third kappa shape index (κ3) is 5.39. The Morgan fingerprint density at radius 2 is 1.64 bits per heavy atom. The summed E-state index contributed by atoms with van der Waals surface area (Å²) < 4.78 is 0.968. The van der Waals surface area contributed by atoms with E-state index in [0.717, 1.165) is 40.6 Å². The van der Waals surface area contributed by atoms with Crippen LogP contribution in [0.3, 0.4) is 0 Å². The molecule has 3 aromatic rings. The van der Waals surface area contributed by atoms with E-state index in [2.05, 4.69) is 43.1 Å². The van der Waals surface area contributed by atoms with Gasteiger partial charge in [0.25, 0.3) is 11.8 Å². The number of hydrogen-bond acceptors (Lipinski definition) is 4. The zero-order valence-corrected chi connectivity index (χ0v) is 20.3. The van der Waals surface area contributed by atoms with E-state index in [1.807, 2.05) is 19.1 Å². The van der Waals surface area contributed by atoms with E-state index in [-0.39, 0.29) is 11.8 Å². The molecular formula is C25H24IN5O2. The minimum absolute atomic E-state index is 0.315. The molecule has 1 aromatic heterocycles. The number of likely N-dealkylation sites (tertiary alicyclic amines) is 1. The normalized spacial score (nSPS) is 13.0. The molecule has 1 saturated heterocycles. The first-order chi connectivity index (χ1) is 15.9. The highest BCUT2D eigenvalue weighted by molar-refractivity contribution is 14.1. The molecular weight excluding hydrogens is 529 g/mol. The summed E-state index contributed by atoms with van der Waals surface area (Å²) in [6, 6.07) is 15.9. The van der Waals surface area contributed by atoms with Crippen LogP contribution in [0.5, 0.6) is 0 Å². The summed E-state index contributed by atoms with van der Waals surface area (Å²) in [4.78, 5) is 32.1. The zero-order valence-electron chi connectivity index (χ0n) is 18.2. The number of para-hydroxylation sites is 1. The number of anilines is 2. The van der Waals surface area contributed by atoms with Gasteiger partial charge in [-0.1, -0.05) is 24.3 Å². The van der Waals surface area contributed by atoms with Gasteiger partial charge in [-0.2, -0.15) is 0 Å². The smallest absolute Gasteiger partial charge is 0.258 e. The van der Waals surface area contributed by atoms with E-state index < -0.39 is 0 Å². The second-order valence-electron chi connectivity index (χ2n) is 7.89. The molecule has 0 bridgehead atoms. The summed E-state index contributed by atoms with van der Waals surface area (Å²) in [7, 11) is 0. The topological polar surface area (TPSA) is 98.2 Å². The summed E-state index contributed by atoms with van der Waals surface area (Å²) in [5, 5.41) is 14.0. The molecule has 2 aromatic carbocycles. The predicted molar refractivity (Wildman–Crippen MR) is 138 cm³/mol. The van der Waals surface area contributed by atoms with Gasteiger partial charge in [-0.25, -0.2) is 4.98 Å². The summed E-state index contributed by atoms with van der Waals surface area (Å²) in [6.45, 7) is 3.64. The van der Waals surface area contributed by atoms with Gasteiger partial charge in [0.2, 0.25) is 0 Å². The number of hydrogen-bond donors (Lipinski definition) is 3. The first-order valence-corrected chi connectivity index (χ1v) is 11.8. The SMILES string of the molecule is Cc1cccc(C(=O)Nc2ccc(I)cn2)c1NC(=O)c1ccc(C(=N)N2CCCC2)cc1. The highest BCUT2D eigenvalue weighted by atomic mass is 127. The van der Waals surface area contributed by atoms with Crippen molar-refractivity contribution in [2.24, 2.45) is 0 Å². The Kier molecular flexibility index (Phi) is 7.02. The van der Waals surface area contributed by atoms with E-state index in [0.29, 0.717) is 28.5 Å². The van der Waals surface area contributed by atoms with Crippen molar-refractivity contribution in [1.29, 1.82) is 5.41 Å². The molecule has 4 rings (SSSR count). The van der Waals surface area contributed by atoms with Crippen molar-refractivity contribution in [3.63, 3.8) is 0 Å². The quantitative estimate of drug-likeness (QED) is 0.237. The fourth-order valence-electron chi connectivity index (χ4n) is 3.74. The summed E-state index contributed by atoms with van der Waals surface area (Å²) in [5.74, 6) is 0.263. The molecule has 0 radical (unpaired) electrons. The molecule has 0 aliphatic carbocycles. The lowest BCUT2D eigenvalue weighted by molar-refractivity contribution is 0.102. The fourth-order valence-corrected chi connectivity index (χ4v) is 4.06. The van der Waals surface area contributed by atoms with Crippen molar-refractivity contribution in [1.82, 2.24) is 9.88 Å². The number of nitrogens with one attached hydrogen (secondary N) is 3. The highest BCUT2D eigenvalue weighted by Crippen LogP contribution is 2.23. The summed E-state index contributed by atoms with van der Waals surface area (Å²) in [5.41, 5.74) is 2.84. The number of amidine groups is 1. The van der Waals surface area contributed by atoms with Crippen LogP contribution in [0.2, 0.25) is 0 Å². The van der Waals surface area contributed by atoms with Crippen LogP contribution in [0, 0.1) is 15.9 Å². The molecule has 0 unspecified atom stereocenters. The van der Waals surface area contributed by atoms with E-state index in [9.17, 15) is 9.59 Å². The van der Waals surface area contributed by atoms with Gasteiger partial charge in [0.15, 0.2) is 0 Å². The molecule has 2 heterocycles. The predicted octanol–water partition coefficient (Wildman–Crippen LogP) is 4.92. The standard InChI is InChI=1S/C25H24IN5O2/c1-16-5-4-6-20(25(33)29-21-12-11-19(26)15-28-21)22(16)30-24(32)18-9-7-17(8-10-18)23(27)31-13-2-3-14-31/h4-12,15,27H,2-3,13-14H2,1H3,(H,30,32)(H,28,29,33). The van der Waals surface area contributed by atoms with Gasteiger partial charge in [0, 0.05) is 34.0 Å². The number of amides is 2. The van der Waals surface area contributed by atoms with Crippen LogP contribution in [-0.2, 0) is 0 Å². The fraction of sp³-hybridized carbons (Fsp3) is 0.200. The van der Waals surface area contributed by atoms with Crippen molar-refractivity contribution in [2.45, 2.75) is 19.8 Å². The lowest BCUT2D eigenvalue weighted by Gasteiger charge is -2.18. The zero-order chi connectivity index (χ0) is 23.4. The van der Waals surface area contributed by atoms with E-state index in [4.69, 9.17) is 5.41 Å². The van der Waals surface area contributed by atoms with Crippen LogP contribution in [0.1, 0.15) is 44.7 Å². The van der Waals surface area contributed by atoms with E-state index in [1.165, 1.54) is 0 Å². The monoisotopic (exact) mass is 553 g/mol. The van der Waals surface area contributed by atoms with Gasteiger partial charge in [-0.3, -0.25) is 15.0 Å². The van der Waals surface area contributed by atoms with Gasteiger partial charge in [0.05, 0.1) is 11.3 Å². The van der Waals surface area contributed by atoms with Crippen LogP contribution < -0.4 is 10.6 Å². The van der Waals surface area contributed by atoms with E-state index in [1.54, 1.807) is 48.7 Å². The van der Waals surface area contributed by atoms with Crippen molar-refractivity contribution in [3.8, 4) is 0 Å². The maximum Gasteiger partial charge on any atom is 0.258 e. The number of rotatable bonds is 5. The number of aryl methyl sites for hydroxylation is 1. The lowest BCUT2D eigenvalue weighted by atomic mass is 10.1. The maximum absolute atomic E-state index is 13.0. The first kappa shape index (κ1) is 22.9. The molecule has 2 amide bonds. The Balaban J connectivity index is 1.50. The number of pyridine rings is 1. The second kappa shape index (κ2) is 10.1. The maximum atomic E-state index is 13.0. The molecule has 1 aliphatic rings. The van der Waals surface area contributed by atoms with Crippen molar-refractivity contribution in [2.75, 3.05) is 23.7 Å². The van der Waals surface area contributed by atoms with Crippen molar-refractivity contribution < 1.29 is 9.59 Å². The third-order valence-electron chi connectivity index (χ3n) is 5.57. The number of carbonyl (C=O) groups is 2. The molecule has 0 spiro atoms. The highest BCUT2D eigenvalue weighted by Gasteiger charge is 2.19. The summed E-state index contributed by atoms with van der Waals surface area (Å²) >= 11 is 2.15. The van der Waals surface area contributed by atoms with Gasteiger partial charge < -0.3 is 15.5 Å². The van der Waals surface area contributed by atoms with E-state index >= 15 is 0 Å². The minimum Gasteiger partial charge on any atom is -0.357 e. The lowest BCUT2D eigenvalue weighted by Crippen LogP contribution is -2.27. The number of benzene rings is 2. The Morgan fingerprint density at radius 3 is 2.30 bits per heavy atom. The van der Waals surface area contributed by atoms with Crippen LogP contribution in [-0.4, -0.2) is 40.6 Å². The molecule has 33 heavy (non-hydrogen) atoms. The number of carbonyl (C=O) groups excluding carboxylic acids is 2. The number of nitrogens with zero attached hydrogens (tertiary/aromatic N) is 2. The van der Waals surface area contributed by atoms with Crippen molar-refractivity contribution >= 4 is 51.7 Å². The molecule has 1 aliphatic heterocycles. The van der Waals surface area contributed by atoms with Gasteiger partial charge >= 0.3 is 0 Å². The second-order valence-corrected chi connectivity index (χ2v) is 9.13. The molecule has 0 saturated carbocycles.